The molecule has 1 aromatic rings. The Hall–Kier alpha value is -0.890. The van der Waals surface area contributed by atoms with E-state index in [9.17, 15) is 13.2 Å². The molecule has 0 fully saturated rings. The molecule has 1 rings (SSSR count). The van der Waals surface area contributed by atoms with Crippen LogP contribution in [0, 0.1) is 5.92 Å². The lowest BCUT2D eigenvalue weighted by Gasteiger charge is -2.14. The van der Waals surface area contributed by atoms with Gasteiger partial charge in [-0.15, -0.1) is 0 Å². The Morgan fingerprint density at radius 1 is 1.53 bits per heavy atom. The Bertz CT molecular complexity index is 570. The standard InChI is InChI=1S/C11H17ClN2O4S/c1-2-8(3-4-15)6-14-19(17,18)9-5-10(12)11(16)13-7-9/h5,7-8,14-15H,2-4,6H2,1H3,(H,13,16). The van der Waals surface area contributed by atoms with Crippen LogP contribution >= 0.6 is 11.6 Å². The summed E-state index contributed by atoms with van der Waals surface area (Å²) >= 11 is 5.59. The minimum atomic E-state index is -3.71. The molecule has 19 heavy (non-hydrogen) atoms. The molecule has 0 aliphatic carbocycles. The maximum absolute atomic E-state index is 12.0. The van der Waals surface area contributed by atoms with Crippen molar-refractivity contribution in [1.29, 1.82) is 0 Å². The molecule has 0 spiro atoms. The Morgan fingerprint density at radius 2 is 2.21 bits per heavy atom. The van der Waals surface area contributed by atoms with Crippen LogP contribution in [0.2, 0.25) is 5.02 Å². The second-order valence-corrected chi connectivity index (χ2v) is 6.33. The predicted molar refractivity (Wildman–Crippen MR) is 72.7 cm³/mol. The molecule has 0 aliphatic heterocycles. The molecule has 6 nitrogen and oxygen atoms in total. The van der Waals surface area contributed by atoms with Gasteiger partial charge in [0, 0.05) is 19.3 Å². The third-order valence-corrected chi connectivity index (χ3v) is 4.50. The van der Waals surface area contributed by atoms with Crippen molar-refractivity contribution >= 4 is 21.6 Å². The van der Waals surface area contributed by atoms with Crippen molar-refractivity contribution in [1.82, 2.24) is 9.71 Å². The summed E-state index contributed by atoms with van der Waals surface area (Å²) in [5.41, 5.74) is -0.535. The number of rotatable bonds is 7. The molecule has 3 N–H and O–H groups in total. The summed E-state index contributed by atoms with van der Waals surface area (Å²) < 4.78 is 26.4. The first kappa shape index (κ1) is 16.2. The van der Waals surface area contributed by atoms with Crippen LogP contribution in [0.25, 0.3) is 0 Å². The van der Waals surface area contributed by atoms with Gasteiger partial charge in [0.05, 0.1) is 4.90 Å². The average Bonchev–Trinajstić information content (AvgIpc) is 2.37. The molecular weight excluding hydrogens is 292 g/mol. The van der Waals surface area contributed by atoms with Gasteiger partial charge in [0.25, 0.3) is 5.56 Å². The smallest absolute Gasteiger partial charge is 0.266 e. The number of aromatic amines is 1. The highest BCUT2D eigenvalue weighted by Gasteiger charge is 2.17. The van der Waals surface area contributed by atoms with Gasteiger partial charge >= 0.3 is 0 Å². The van der Waals surface area contributed by atoms with E-state index in [1.54, 1.807) is 0 Å². The second-order valence-electron chi connectivity index (χ2n) is 4.15. The van der Waals surface area contributed by atoms with E-state index < -0.39 is 15.6 Å². The third kappa shape index (κ3) is 4.61. The van der Waals surface area contributed by atoms with Crippen LogP contribution in [0.5, 0.6) is 0 Å². The molecule has 0 bridgehead atoms. The summed E-state index contributed by atoms with van der Waals surface area (Å²) in [5.74, 6) is 0.0676. The van der Waals surface area contributed by atoms with Crippen molar-refractivity contribution in [2.75, 3.05) is 13.2 Å². The maximum Gasteiger partial charge on any atom is 0.266 e. The van der Waals surface area contributed by atoms with Crippen molar-refractivity contribution in [2.45, 2.75) is 24.7 Å². The topological polar surface area (TPSA) is 99.3 Å². The van der Waals surface area contributed by atoms with Crippen molar-refractivity contribution in [2.24, 2.45) is 5.92 Å². The van der Waals surface area contributed by atoms with E-state index in [-0.39, 0.29) is 29.0 Å². The van der Waals surface area contributed by atoms with Gasteiger partial charge in [0.2, 0.25) is 10.0 Å². The number of pyridine rings is 1. The quantitative estimate of drug-likeness (QED) is 0.691. The lowest BCUT2D eigenvalue weighted by molar-refractivity contribution is 0.254. The Kier molecular flexibility index (Phi) is 5.99. The maximum atomic E-state index is 12.0. The van der Waals surface area contributed by atoms with Crippen LogP contribution in [-0.4, -0.2) is 31.7 Å². The lowest BCUT2D eigenvalue weighted by atomic mass is 10.0. The van der Waals surface area contributed by atoms with Crippen LogP contribution in [0.1, 0.15) is 19.8 Å². The normalized spacial score (nSPS) is 13.4. The molecule has 0 aliphatic rings. The van der Waals surface area contributed by atoms with Crippen LogP contribution in [0.15, 0.2) is 22.0 Å². The van der Waals surface area contributed by atoms with Crippen molar-refractivity contribution in [3.8, 4) is 0 Å². The summed E-state index contributed by atoms with van der Waals surface area (Å²) in [6.45, 7) is 2.17. The van der Waals surface area contributed by atoms with E-state index in [4.69, 9.17) is 16.7 Å². The molecular formula is C11H17ClN2O4S. The highest BCUT2D eigenvalue weighted by atomic mass is 35.5. The van der Waals surface area contributed by atoms with E-state index in [0.717, 1.165) is 18.7 Å². The first-order valence-corrected chi connectivity index (χ1v) is 7.75. The number of hydrogen-bond donors (Lipinski definition) is 3. The van der Waals surface area contributed by atoms with Gasteiger partial charge in [0.15, 0.2) is 0 Å². The molecule has 1 aromatic heterocycles. The number of hydrogen-bond acceptors (Lipinski definition) is 4. The van der Waals surface area contributed by atoms with Crippen LogP contribution in [0.3, 0.4) is 0 Å². The van der Waals surface area contributed by atoms with Crippen molar-refractivity contribution in [3.63, 3.8) is 0 Å². The number of nitrogens with one attached hydrogen (secondary N) is 2. The van der Waals surface area contributed by atoms with Crippen LogP contribution in [0.4, 0.5) is 0 Å². The van der Waals surface area contributed by atoms with E-state index in [2.05, 4.69) is 9.71 Å². The number of aliphatic hydroxyl groups excluding tert-OH is 1. The number of aromatic nitrogens is 1. The van der Waals surface area contributed by atoms with Gasteiger partial charge in [-0.25, -0.2) is 13.1 Å². The lowest BCUT2D eigenvalue weighted by Crippen LogP contribution is -2.30. The van der Waals surface area contributed by atoms with Gasteiger partial charge in [-0.1, -0.05) is 24.9 Å². The van der Waals surface area contributed by atoms with Crippen LogP contribution < -0.4 is 10.3 Å². The molecule has 1 atom stereocenters. The van der Waals surface area contributed by atoms with Crippen LogP contribution in [-0.2, 0) is 10.0 Å². The zero-order valence-corrected chi connectivity index (χ0v) is 12.1. The molecule has 0 aromatic carbocycles. The summed E-state index contributed by atoms with van der Waals surface area (Å²) in [6.07, 6.45) is 2.39. The summed E-state index contributed by atoms with van der Waals surface area (Å²) in [7, 11) is -3.71. The largest absolute Gasteiger partial charge is 0.396 e. The van der Waals surface area contributed by atoms with E-state index in [1.165, 1.54) is 0 Å². The molecule has 0 saturated heterocycles. The van der Waals surface area contributed by atoms with Gasteiger partial charge in [-0.3, -0.25) is 4.79 Å². The highest BCUT2D eigenvalue weighted by molar-refractivity contribution is 7.89. The van der Waals surface area contributed by atoms with Crippen molar-refractivity contribution < 1.29 is 13.5 Å². The summed E-state index contributed by atoms with van der Waals surface area (Å²) in [5, 5.41) is 8.67. The van der Waals surface area contributed by atoms with Gasteiger partial charge in [-0.2, -0.15) is 0 Å². The fourth-order valence-electron chi connectivity index (χ4n) is 1.54. The monoisotopic (exact) mass is 308 g/mol. The molecule has 8 heteroatoms. The average molecular weight is 309 g/mol. The van der Waals surface area contributed by atoms with Gasteiger partial charge in [-0.05, 0) is 18.4 Å². The Balaban J connectivity index is 2.80. The molecule has 1 heterocycles. The molecule has 108 valence electrons. The summed E-state index contributed by atoms with van der Waals surface area (Å²) in [4.78, 5) is 13.2. The minimum Gasteiger partial charge on any atom is -0.396 e. The number of sulfonamides is 1. The minimum absolute atomic E-state index is 0.0186. The SMILES string of the molecule is CCC(CCO)CNS(=O)(=O)c1c[nH]c(=O)c(Cl)c1. The van der Waals surface area contributed by atoms with Gasteiger partial charge < -0.3 is 10.1 Å². The number of H-pyrrole nitrogens is 1. The molecule has 0 amide bonds. The Labute approximate surface area is 116 Å². The Morgan fingerprint density at radius 3 is 2.74 bits per heavy atom. The summed E-state index contributed by atoms with van der Waals surface area (Å²) in [6, 6.07) is 1.11. The van der Waals surface area contributed by atoms with E-state index >= 15 is 0 Å². The molecule has 1 unspecified atom stereocenters. The first-order chi connectivity index (χ1) is 8.90. The van der Waals surface area contributed by atoms with Gasteiger partial charge in [0.1, 0.15) is 5.02 Å². The predicted octanol–water partition coefficient (Wildman–Crippen LogP) is 0.715. The van der Waals surface area contributed by atoms with E-state index in [1.807, 2.05) is 6.92 Å². The molecule has 0 saturated carbocycles. The zero-order chi connectivity index (χ0) is 14.5. The second kappa shape index (κ2) is 7.04. The fourth-order valence-corrected chi connectivity index (χ4v) is 2.88. The van der Waals surface area contributed by atoms with Crippen molar-refractivity contribution in [3.05, 3.63) is 27.6 Å². The third-order valence-electron chi connectivity index (χ3n) is 2.82. The fraction of sp³-hybridized carbons (Fsp3) is 0.545. The molecule has 0 radical (unpaired) electrons. The highest BCUT2D eigenvalue weighted by Crippen LogP contribution is 2.12. The zero-order valence-electron chi connectivity index (χ0n) is 10.5. The first-order valence-electron chi connectivity index (χ1n) is 5.89. The number of aliphatic hydroxyl groups is 1. The van der Waals surface area contributed by atoms with E-state index in [0.29, 0.717) is 6.42 Å². The number of halogens is 1.